The fraction of sp³-hybridized carbons (Fsp3) is 0.321. The summed E-state index contributed by atoms with van der Waals surface area (Å²) >= 11 is 0. The standard InChI is InChI=1S/C28H30F3N7O/c1-6-21-14-26(33-16-32-21)38-27(9-18(3)36-38)35-23-10-19(8-7-17(23)2)11-24(39)20-12-22(15-37(4)5)34-25(13-20)28(29,30)31/h7-10,12-14,16,35H,6,11,15H2,1-5H3. The van der Waals surface area contributed by atoms with E-state index in [1.54, 1.807) is 29.7 Å². The molecule has 4 rings (SSSR count). The van der Waals surface area contributed by atoms with Crippen molar-refractivity contribution < 1.29 is 18.0 Å². The van der Waals surface area contributed by atoms with Gasteiger partial charge in [0.2, 0.25) is 0 Å². The monoisotopic (exact) mass is 537 g/mol. The molecule has 3 aromatic heterocycles. The molecular formula is C28H30F3N7O. The summed E-state index contributed by atoms with van der Waals surface area (Å²) < 4.78 is 42.1. The number of alkyl halides is 3. The maximum Gasteiger partial charge on any atom is 0.433 e. The van der Waals surface area contributed by atoms with Crippen LogP contribution in [0.25, 0.3) is 5.82 Å². The van der Waals surface area contributed by atoms with Crippen LogP contribution in [0.2, 0.25) is 0 Å². The number of halogens is 3. The second-order valence-corrected chi connectivity index (χ2v) is 9.65. The van der Waals surface area contributed by atoms with Crippen LogP contribution in [0.1, 0.15) is 51.2 Å². The maximum atomic E-state index is 13.5. The van der Waals surface area contributed by atoms with Crippen LogP contribution in [0.3, 0.4) is 0 Å². The molecule has 0 bridgehead atoms. The molecule has 0 radical (unpaired) electrons. The average molecular weight is 538 g/mol. The number of nitrogens with one attached hydrogen (secondary N) is 1. The maximum absolute atomic E-state index is 13.5. The Labute approximate surface area is 224 Å². The minimum absolute atomic E-state index is 0.0200. The van der Waals surface area contributed by atoms with Crippen LogP contribution in [0.5, 0.6) is 0 Å². The molecule has 3 heterocycles. The fourth-order valence-corrected chi connectivity index (χ4v) is 4.10. The van der Waals surface area contributed by atoms with Gasteiger partial charge in [-0.05, 0) is 63.7 Å². The van der Waals surface area contributed by atoms with E-state index in [4.69, 9.17) is 0 Å². The van der Waals surface area contributed by atoms with Crippen molar-refractivity contribution in [3.05, 3.63) is 88.3 Å². The first kappa shape index (κ1) is 27.9. The van der Waals surface area contributed by atoms with Crippen molar-refractivity contribution >= 4 is 17.3 Å². The molecule has 1 N–H and O–H groups in total. The highest BCUT2D eigenvalue weighted by atomic mass is 19.4. The van der Waals surface area contributed by atoms with Gasteiger partial charge in [0.15, 0.2) is 11.6 Å². The Balaban J connectivity index is 1.61. The van der Waals surface area contributed by atoms with Gasteiger partial charge in [0.05, 0.1) is 11.4 Å². The lowest BCUT2D eigenvalue weighted by atomic mass is 10.00. The van der Waals surface area contributed by atoms with Gasteiger partial charge in [-0.15, -0.1) is 0 Å². The molecule has 0 saturated heterocycles. The number of aromatic nitrogens is 5. The van der Waals surface area contributed by atoms with Crippen LogP contribution in [-0.2, 0) is 25.6 Å². The number of carbonyl (C=O) groups is 1. The molecule has 8 nitrogen and oxygen atoms in total. The molecule has 0 spiro atoms. The van der Waals surface area contributed by atoms with Crippen molar-refractivity contribution in [3.63, 3.8) is 0 Å². The lowest BCUT2D eigenvalue weighted by molar-refractivity contribution is -0.141. The second-order valence-electron chi connectivity index (χ2n) is 9.65. The average Bonchev–Trinajstić information content (AvgIpc) is 3.24. The molecule has 4 aromatic rings. The highest BCUT2D eigenvalue weighted by Gasteiger charge is 2.33. The van der Waals surface area contributed by atoms with E-state index in [0.717, 1.165) is 35.1 Å². The molecule has 0 saturated carbocycles. The summed E-state index contributed by atoms with van der Waals surface area (Å²) in [4.78, 5) is 27.1. The van der Waals surface area contributed by atoms with Gasteiger partial charge in [-0.25, -0.2) is 15.0 Å². The largest absolute Gasteiger partial charge is 0.433 e. The van der Waals surface area contributed by atoms with E-state index < -0.39 is 17.7 Å². The summed E-state index contributed by atoms with van der Waals surface area (Å²) in [6.45, 7) is 5.99. The quantitative estimate of drug-likeness (QED) is 0.283. The number of Topliss-reactive ketones (excluding diaryl/α,β-unsaturated/α-hetero) is 1. The number of pyridine rings is 1. The van der Waals surface area contributed by atoms with Crippen molar-refractivity contribution in [1.29, 1.82) is 0 Å². The number of nitrogens with zero attached hydrogens (tertiary/aromatic N) is 6. The third-order valence-electron chi connectivity index (χ3n) is 6.02. The Bertz CT molecular complexity index is 1500. The number of anilines is 2. The van der Waals surface area contributed by atoms with E-state index in [-0.39, 0.29) is 24.2 Å². The molecule has 0 aliphatic carbocycles. The third kappa shape index (κ3) is 6.85. The molecule has 0 unspecified atom stereocenters. The van der Waals surface area contributed by atoms with Crippen LogP contribution in [0.4, 0.5) is 24.7 Å². The SMILES string of the molecule is CCc1cc(-n2nc(C)cc2Nc2cc(CC(=O)c3cc(CN(C)C)nc(C(F)(F)F)c3)ccc2C)ncn1. The van der Waals surface area contributed by atoms with Gasteiger partial charge < -0.3 is 10.2 Å². The lowest BCUT2D eigenvalue weighted by Gasteiger charge is -2.15. The molecule has 204 valence electrons. The first-order valence-corrected chi connectivity index (χ1v) is 12.4. The van der Waals surface area contributed by atoms with E-state index >= 15 is 0 Å². The van der Waals surface area contributed by atoms with E-state index in [1.165, 1.54) is 12.4 Å². The van der Waals surface area contributed by atoms with Gasteiger partial charge in [-0.2, -0.15) is 23.0 Å². The Morgan fingerprint density at radius 1 is 1.03 bits per heavy atom. The third-order valence-corrected chi connectivity index (χ3v) is 6.02. The summed E-state index contributed by atoms with van der Waals surface area (Å²) in [5.74, 6) is 0.872. The van der Waals surface area contributed by atoms with Crippen molar-refractivity contribution in [1.82, 2.24) is 29.6 Å². The van der Waals surface area contributed by atoms with Crippen LogP contribution < -0.4 is 5.32 Å². The zero-order valence-electron chi connectivity index (χ0n) is 22.5. The van der Waals surface area contributed by atoms with Gasteiger partial charge in [0.1, 0.15) is 17.8 Å². The van der Waals surface area contributed by atoms with Crippen molar-refractivity contribution in [2.75, 3.05) is 19.4 Å². The second kappa shape index (κ2) is 11.3. The molecule has 11 heteroatoms. The van der Waals surface area contributed by atoms with Crippen LogP contribution in [0, 0.1) is 13.8 Å². The number of hydrogen-bond donors (Lipinski definition) is 1. The lowest BCUT2D eigenvalue weighted by Crippen LogP contribution is -2.17. The van der Waals surface area contributed by atoms with E-state index in [9.17, 15) is 18.0 Å². The zero-order chi connectivity index (χ0) is 28.3. The number of ketones is 1. The predicted molar refractivity (Wildman–Crippen MR) is 142 cm³/mol. The first-order chi connectivity index (χ1) is 18.4. The number of hydrogen-bond acceptors (Lipinski definition) is 7. The molecule has 1 aromatic carbocycles. The summed E-state index contributed by atoms with van der Waals surface area (Å²) in [6, 6.07) is 11.5. The smallest absolute Gasteiger partial charge is 0.340 e. The number of benzene rings is 1. The molecular weight excluding hydrogens is 507 g/mol. The summed E-state index contributed by atoms with van der Waals surface area (Å²) in [5, 5.41) is 7.93. The van der Waals surface area contributed by atoms with Crippen LogP contribution in [-0.4, -0.2) is 49.5 Å². The van der Waals surface area contributed by atoms with Crippen LogP contribution in [0.15, 0.2) is 48.8 Å². The van der Waals surface area contributed by atoms with Crippen molar-refractivity contribution in [2.45, 2.75) is 46.3 Å². The Hall–Kier alpha value is -4.12. The van der Waals surface area contributed by atoms with Gasteiger partial charge in [0, 0.05) is 42.0 Å². The van der Waals surface area contributed by atoms with E-state index in [2.05, 4.69) is 25.4 Å². The van der Waals surface area contributed by atoms with Gasteiger partial charge in [-0.3, -0.25) is 4.79 Å². The number of aryl methyl sites for hydroxylation is 3. The highest BCUT2D eigenvalue weighted by molar-refractivity contribution is 5.97. The molecule has 39 heavy (non-hydrogen) atoms. The fourth-order valence-electron chi connectivity index (χ4n) is 4.10. The first-order valence-electron chi connectivity index (χ1n) is 12.4. The molecule has 0 aliphatic heterocycles. The summed E-state index contributed by atoms with van der Waals surface area (Å²) in [6.07, 6.45) is -2.46. The van der Waals surface area contributed by atoms with Gasteiger partial charge in [0.25, 0.3) is 0 Å². The van der Waals surface area contributed by atoms with Gasteiger partial charge in [-0.1, -0.05) is 19.1 Å². The highest BCUT2D eigenvalue weighted by Crippen LogP contribution is 2.30. The molecule has 0 amide bonds. The zero-order valence-corrected chi connectivity index (χ0v) is 22.5. The van der Waals surface area contributed by atoms with Crippen molar-refractivity contribution in [3.8, 4) is 5.82 Å². The number of carbonyl (C=O) groups excluding carboxylic acids is 1. The van der Waals surface area contributed by atoms with Gasteiger partial charge >= 0.3 is 6.18 Å². The minimum atomic E-state index is -4.65. The van der Waals surface area contributed by atoms with Crippen molar-refractivity contribution in [2.24, 2.45) is 0 Å². The topological polar surface area (TPSA) is 88.8 Å². The number of rotatable bonds is 9. The Morgan fingerprint density at radius 2 is 1.79 bits per heavy atom. The molecule has 0 atom stereocenters. The van der Waals surface area contributed by atoms with Crippen LogP contribution >= 0.6 is 0 Å². The minimum Gasteiger partial charge on any atom is -0.340 e. The van der Waals surface area contributed by atoms with E-state index in [0.29, 0.717) is 17.2 Å². The molecule has 0 aliphatic rings. The Morgan fingerprint density at radius 3 is 2.49 bits per heavy atom. The summed E-state index contributed by atoms with van der Waals surface area (Å²) in [5.41, 5.74) is 3.08. The normalized spacial score (nSPS) is 11.7. The Kier molecular flexibility index (Phi) is 8.10. The molecule has 0 fully saturated rings. The predicted octanol–water partition coefficient (Wildman–Crippen LogP) is 5.49. The van der Waals surface area contributed by atoms with E-state index in [1.807, 2.05) is 45.0 Å². The summed E-state index contributed by atoms with van der Waals surface area (Å²) in [7, 11) is 3.45.